The predicted octanol–water partition coefficient (Wildman–Crippen LogP) is 0.567. The van der Waals surface area contributed by atoms with Crippen LogP contribution in [0.15, 0.2) is 18.5 Å². The largest absolute Gasteiger partial charge is 0.378 e. The van der Waals surface area contributed by atoms with Crippen molar-refractivity contribution in [3.05, 3.63) is 24.3 Å². The second kappa shape index (κ2) is 5.50. The summed E-state index contributed by atoms with van der Waals surface area (Å²) in [4.78, 5) is 8.63. The molecule has 2 fully saturated rings. The van der Waals surface area contributed by atoms with E-state index in [-0.39, 0.29) is 11.6 Å². The average Bonchev–Trinajstić information content (AvgIpc) is 2.89. The molecule has 3 atom stereocenters. The van der Waals surface area contributed by atoms with Gasteiger partial charge in [-0.2, -0.15) is 0 Å². The Morgan fingerprint density at radius 2 is 2.21 bits per heavy atom. The Labute approximate surface area is 112 Å². The van der Waals surface area contributed by atoms with Gasteiger partial charge >= 0.3 is 0 Å². The molecule has 104 valence electrons. The van der Waals surface area contributed by atoms with Crippen molar-refractivity contribution in [2.45, 2.75) is 30.9 Å². The van der Waals surface area contributed by atoms with Crippen molar-refractivity contribution < 1.29 is 9.47 Å². The van der Waals surface area contributed by atoms with Gasteiger partial charge in [0.05, 0.1) is 18.2 Å². The fourth-order valence-electron chi connectivity index (χ4n) is 3.11. The van der Waals surface area contributed by atoms with Crippen LogP contribution in [0, 0.1) is 5.92 Å². The third-order valence-electron chi connectivity index (χ3n) is 4.11. The third kappa shape index (κ3) is 2.62. The van der Waals surface area contributed by atoms with Crippen LogP contribution in [0.25, 0.3) is 0 Å². The van der Waals surface area contributed by atoms with Gasteiger partial charge in [-0.15, -0.1) is 0 Å². The van der Waals surface area contributed by atoms with E-state index < -0.39 is 0 Å². The van der Waals surface area contributed by atoms with Crippen LogP contribution in [-0.2, 0) is 9.47 Å². The number of ether oxygens (including phenoxy) is 2. The van der Waals surface area contributed by atoms with Gasteiger partial charge in [0.25, 0.3) is 0 Å². The number of nitrogens with one attached hydrogen (secondary N) is 1. The molecule has 0 aromatic carbocycles. The van der Waals surface area contributed by atoms with Crippen LogP contribution < -0.4 is 11.3 Å². The van der Waals surface area contributed by atoms with E-state index in [1.54, 1.807) is 12.4 Å². The van der Waals surface area contributed by atoms with Crippen molar-refractivity contribution in [3.8, 4) is 0 Å². The van der Waals surface area contributed by atoms with Gasteiger partial charge in [0.15, 0.2) is 0 Å². The van der Waals surface area contributed by atoms with E-state index in [1.165, 1.54) is 0 Å². The first-order chi connectivity index (χ1) is 9.33. The van der Waals surface area contributed by atoms with Crippen LogP contribution in [0.3, 0.4) is 0 Å². The van der Waals surface area contributed by atoms with Crippen molar-refractivity contribution in [2.75, 3.05) is 19.8 Å². The minimum atomic E-state index is -0.118. The molecule has 0 aliphatic carbocycles. The fourth-order valence-corrected chi connectivity index (χ4v) is 3.11. The minimum Gasteiger partial charge on any atom is -0.378 e. The van der Waals surface area contributed by atoms with Gasteiger partial charge in [0.1, 0.15) is 5.82 Å². The Balaban J connectivity index is 1.76. The van der Waals surface area contributed by atoms with Crippen LogP contribution >= 0.6 is 0 Å². The normalized spacial score (nSPS) is 32.6. The standard InChI is InChI=1S/C13H20N4O2/c14-17-11(12-15-4-1-5-16-12)10-2-6-19-13(8-10)3-7-18-9-13/h1,4-5,10-11,17H,2-3,6-9,14H2. The molecule has 0 saturated carbocycles. The molecular formula is C13H20N4O2. The van der Waals surface area contributed by atoms with Crippen LogP contribution in [0.1, 0.15) is 31.1 Å². The number of hydrogen-bond donors (Lipinski definition) is 2. The maximum atomic E-state index is 5.95. The highest BCUT2D eigenvalue weighted by Gasteiger charge is 2.43. The predicted molar refractivity (Wildman–Crippen MR) is 68.9 cm³/mol. The second-order valence-corrected chi connectivity index (χ2v) is 5.34. The van der Waals surface area contributed by atoms with E-state index in [1.807, 2.05) is 6.07 Å². The monoisotopic (exact) mass is 264 g/mol. The first-order valence-corrected chi connectivity index (χ1v) is 6.78. The maximum absolute atomic E-state index is 5.95. The first-order valence-electron chi connectivity index (χ1n) is 6.78. The lowest BCUT2D eigenvalue weighted by Gasteiger charge is -2.39. The highest BCUT2D eigenvalue weighted by atomic mass is 16.6. The highest BCUT2D eigenvalue weighted by Crippen LogP contribution is 2.39. The topological polar surface area (TPSA) is 82.3 Å². The molecule has 0 bridgehead atoms. The van der Waals surface area contributed by atoms with Crippen LogP contribution in [0.2, 0.25) is 0 Å². The molecule has 3 heterocycles. The Bertz CT molecular complexity index is 408. The Hall–Kier alpha value is -1.08. The van der Waals surface area contributed by atoms with E-state index in [9.17, 15) is 0 Å². The maximum Gasteiger partial charge on any atom is 0.146 e. The van der Waals surface area contributed by atoms with Gasteiger partial charge in [0.2, 0.25) is 0 Å². The molecule has 1 spiro atoms. The lowest BCUT2D eigenvalue weighted by molar-refractivity contribution is -0.103. The van der Waals surface area contributed by atoms with Crippen molar-refractivity contribution in [3.63, 3.8) is 0 Å². The van der Waals surface area contributed by atoms with Gasteiger partial charge in [-0.1, -0.05) is 0 Å². The number of hydrogen-bond acceptors (Lipinski definition) is 6. The molecule has 3 N–H and O–H groups in total. The number of aromatic nitrogens is 2. The van der Waals surface area contributed by atoms with Gasteiger partial charge in [-0.3, -0.25) is 5.84 Å². The zero-order valence-electron chi connectivity index (χ0n) is 10.9. The summed E-state index contributed by atoms with van der Waals surface area (Å²) in [6.07, 6.45) is 6.38. The average molecular weight is 264 g/mol. The molecule has 2 aliphatic rings. The number of nitrogens with two attached hydrogens (primary N) is 1. The fraction of sp³-hybridized carbons (Fsp3) is 0.692. The van der Waals surface area contributed by atoms with Gasteiger partial charge in [-0.25, -0.2) is 15.4 Å². The van der Waals surface area contributed by atoms with Crippen molar-refractivity contribution in [1.29, 1.82) is 0 Å². The van der Waals surface area contributed by atoms with E-state index >= 15 is 0 Å². The summed E-state index contributed by atoms with van der Waals surface area (Å²) in [7, 11) is 0. The molecule has 6 heteroatoms. The molecule has 1 aromatic rings. The first kappa shape index (κ1) is 12.9. The Morgan fingerprint density at radius 1 is 1.37 bits per heavy atom. The summed E-state index contributed by atoms with van der Waals surface area (Å²) in [5, 5.41) is 0. The van der Waals surface area contributed by atoms with Gasteiger partial charge in [0, 0.05) is 32.0 Å². The summed E-state index contributed by atoms with van der Waals surface area (Å²) in [6.45, 7) is 2.23. The summed E-state index contributed by atoms with van der Waals surface area (Å²) in [5.74, 6) is 6.85. The van der Waals surface area contributed by atoms with Crippen molar-refractivity contribution >= 4 is 0 Å². The molecule has 6 nitrogen and oxygen atoms in total. The zero-order valence-corrected chi connectivity index (χ0v) is 10.9. The quantitative estimate of drug-likeness (QED) is 0.613. The van der Waals surface area contributed by atoms with Gasteiger partial charge in [-0.05, 0) is 24.8 Å². The second-order valence-electron chi connectivity index (χ2n) is 5.34. The number of rotatable bonds is 3. The molecule has 1 aromatic heterocycles. The SMILES string of the molecule is NNC(c1ncccn1)C1CCOC2(CCOC2)C1. The molecule has 0 amide bonds. The lowest BCUT2D eigenvalue weighted by Crippen LogP contribution is -2.45. The smallest absolute Gasteiger partial charge is 0.146 e. The van der Waals surface area contributed by atoms with Gasteiger partial charge < -0.3 is 9.47 Å². The van der Waals surface area contributed by atoms with Crippen molar-refractivity contribution in [2.24, 2.45) is 11.8 Å². The molecule has 19 heavy (non-hydrogen) atoms. The zero-order chi connectivity index (χ0) is 13.1. The highest BCUT2D eigenvalue weighted by molar-refractivity contribution is 5.01. The summed E-state index contributed by atoms with van der Waals surface area (Å²) in [5.41, 5.74) is 2.75. The number of nitrogens with zero attached hydrogens (tertiary/aromatic N) is 2. The third-order valence-corrected chi connectivity index (χ3v) is 4.11. The number of hydrazine groups is 1. The van der Waals surface area contributed by atoms with E-state index in [0.29, 0.717) is 12.5 Å². The summed E-state index contributed by atoms with van der Waals surface area (Å²) < 4.78 is 11.5. The Kier molecular flexibility index (Phi) is 3.74. The van der Waals surface area contributed by atoms with E-state index in [2.05, 4.69) is 15.4 Å². The Morgan fingerprint density at radius 3 is 2.89 bits per heavy atom. The molecule has 2 aliphatic heterocycles. The van der Waals surface area contributed by atoms with Crippen molar-refractivity contribution in [1.82, 2.24) is 15.4 Å². The van der Waals surface area contributed by atoms with Crippen LogP contribution in [0.4, 0.5) is 0 Å². The molecule has 3 rings (SSSR count). The van der Waals surface area contributed by atoms with E-state index in [0.717, 1.165) is 38.3 Å². The molecule has 0 radical (unpaired) electrons. The molecule has 3 unspecified atom stereocenters. The van der Waals surface area contributed by atoms with Crippen LogP contribution in [-0.4, -0.2) is 35.4 Å². The summed E-state index contributed by atoms with van der Waals surface area (Å²) in [6, 6.07) is 1.79. The minimum absolute atomic E-state index is 0.0254. The summed E-state index contributed by atoms with van der Waals surface area (Å²) >= 11 is 0. The molecule has 2 saturated heterocycles. The van der Waals surface area contributed by atoms with Crippen LogP contribution in [0.5, 0.6) is 0 Å². The molecular weight excluding hydrogens is 244 g/mol. The van der Waals surface area contributed by atoms with E-state index in [4.69, 9.17) is 15.3 Å². The lowest BCUT2D eigenvalue weighted by atomic mass is 9.81.